The number of aromatic nitrogens is 3. The predicted molar refractivity (Wildman–Crippen MR) is 115 cm³/mol. The van der Waals surface area contributed by atoms with E-state index in [1.54, 1.807) is 12.1 Å². The van der Waals surface area contributed by atoms with E-state index in [-0.39, 0.29) is 38.9 Å². The Bertz CT molecular complexity index is 1350. The van der Waals surface area contributed by atoms with Gasteiger partial charge >= 0.3 is 0 Å². The van der Waals surface area contributed by atoms with Crippen LogP contribution in [0.3, 0.4) is 0 Å². The molecule has 0 radical (unpaired) electrons. The third kappa shape index (κ3) is 4.08. The molecule has 0 saturated carbocycles. The summed E-state index contributed by atoms with van der Waals surface area (Å²) < 4.78 is 15.6. The normalized spacial score (nSPS) is 11.0. The van der Waals surface area contributed by atoms with Crippen molar-refractivity contribution in [2.24, 2.45) is 0 Å². The van der Waals surface area contributed by atoms with Gasteiger partial charge in [-0.1, -0.05) is 35.3 Å². The summed E-state index contributed by atoms with van der Waals surface area (Å²) in [5.74, 6) is -2.40. The number of Topliss-reactive ketones (excluding diaryl/α,β-unsaturated/α-hetero) is 1. The highest BCUT2D eigenvalue weighted by molar-refractivity contribution is 6.50. The van der Waals surface area contributed by atoms with Crippen molar-refractivity contribution < 1.29 is 23.4 Å². The molecule has 1 amide bonds. The van der Waals surface area contributed by atoms with Crippen molar-refractivity contribution in [1.82, 2.24) is 4.57 Å². The van der Waals surface area contributed by atoms with Crippen LogP contribution in [0.2, 0.25) is 10.0 Å². The Morgan fingerprint density at radius 3 is 2.38 bits per heavy atom. The summed E-state index contributed by atoms with van der Waals surface area (Å²) in [5, 5.41) is 26.1. The fourth-order valence-corrected chi connectivity index (χ4v) is 3.80. The van der Waals surface area contributed by atoms with Crippen LogP contribution in [0.5, 0.6) is 0 Å². The fraction of sp³-hybridized carbons (Fsp3) is 0.0476. The van der Waals surface area contributed by atoms with E-state index >= 15 is 0 Å². The molecule has 32 heavy (non-hydrogen) atoms. The minimum absolute atomic E-state index is 0.0214. The number of anilines is 1. The number of hydrogen-bond donors (Lipinski definition) is 1. The first-order chi connectivity index (χ1) is 15.2. The van der Waals surface area contributed by atoms with Crippen molar-refractivity contribution in [3.05, 3.63) is 98.6 Å². The zero-order chi connectivity index (χ0) is 23.0. The second-order valence-electron chi connectivity index (χ2n) is 6.84. The molecule has 0 aliphatic carbocycles. The molecule has 162 valence electrons. The number of amides is 1. The molecular weight excluding hydrogens is 462 g/mol. The van der Waals surface area contributed by atoms with Crippen LogP contribution in [0, 0.1) is 16.2 Å². The number of halogens is 3. The van der Waals surface area contributed by atoms with Crippen molar-refractivity contribution in [3.8, 4) is 0 Å². The Morgan fingerprint density at radius 2 is 1.72 bits per heavy atom. The molecule has 0 unspecified atom stereocenters. The standard InChI is InChI=1S/C21H13Cl2FN4O4/c22-16-10-27(31)11-17(23)18(16)25-20(30)19(29)15-9-26(8-12-3-5-13(24)6-4-12)21-14(15)2-1-7-28(21)32/h1-7,9-11H,8H2,(H,25,30). The summed E-state index contributed by atoms with van der Waals surface area (Å²) in [6.07, 6.45) is 4.59. The van der Waals surface area contributed by atoms with Crippen LogP contribution in [0.25, 0.3) is 11.0 Å². The number of carbonyl (C=O) groups excluding carboxylic acids is 2. The third-order valence-corrected chi connectivity index (χ3v) is 5.27. The average Bonchev–Trinajstić information content (AvgIpc) is 3.11. The molecule has 8 nitrogen and oxygen atoms in total. The van der Waals surface area contributed by atoms with Gasteiger partial charge in [0.2, 0.25) is 12.4 Å². The maximum absolute atomic E-state index is 13.2. The lowest BCUT2D eigenvalue weighted by Gasteiger charge is -2.08. The SMILES string of the molecule is O=C(Nc1c(Cl)c[n+]([O-])cc1Cl)C(=O)c1cn(Cc2ccc(F)cc2)c2c1ccc[n+]2[O-]. The number of nitrogens with one attached hydrogen (secondary N) is 1. The first-order valence-corrected chi connectivity index (χ1v) is 9.89. The molecule has 1 N–H and O–H groups in total. The van der Waals surface area contributed by atoms with Crippen LogP contribution in [0.4, 0.5) is 10.1 Å². The van der Waals surface area contributed by atoms with Crippen LogP contribution in [0.1, 0.15) is 15.9 Å². The van der Waals surface area contributed by atoms with Gasteiger partial charge in [0, 0.05) is 0 Å². The highest BCUT2D eigenvalue weighted by Gasteiger charge is 2.27. The van der Waals surface area contributed by atoms with Gasteiger partial charge in [-0.3, -0.25) is 9.59 Å². The van der Waals surface area contributed by atoms with Crippen molar-refractivity contribution in [3.63, 3.8) is 0 Å². The van der Waals surface area contributed by atoms with Crippen LogP contribution in [-0.2, 0) is 11.3 Å². The van der Waals surface area contributed by atoms with Crippen LogP contribution < -0.4 is 14.8 Å². The molecule has 0 atom stereocenters. The van der Waals surface area contributed by atoms with Gasteiger partial charge < -0.3 is 15.7 Å². The summed E-state index contributed by atoms with van der Waals surface area (Å²) in [6, 6.07) is 8.65. The number of hydrogen-bond acceptors (Lipinski definition) is 4. The molecular formula is C21H13Cl2FN4O4. The molecule has 3 aromatic heterocycles. The van der Waals surface area contributed by atoms with Gasteiger partial charge in [-0.2, -0.15) is 4.73 Å². The lowest BCUT2D eigenvalue weighted by Crippen LogP contribution is -2.28. The maximum atomic E-state index is 13.2. The minimum atomic E-state index is -1.06. The van der Waals surface area contributed by atoms with Gasteiger partial charge in [0.1, 0.15) is 28.6 Å². The smallest absolute Gasteiger partial charge is 0.297 e. The van der Waals surface area contributed by atoms with Gasteiger partial charge in [0.25, 0.3) is 17.3 Å². The molecule has 0 bridgehead atoms. The largest absolute Gasteiger partial charge is 0.711 e. The number of ketones is 1. The van der Waals surface area contributed by atoms with Crippen LogP contribution in [-0.4, -0.2) is 16.3 Å². The summed E-state index contributed by atoms with van der Waals surface area (Å²) in [6.45, 7) is 0.164. The monoisotopic (exact) mass is 474 g/mol. The average molecular weight is 475 g/mol. The van der Waals surface area contributed by atoms with E-state index in [9.17, 15) is 24.4 Å². The van der Waals surface area contributed by atoms with Crippen molar-refractivity contribution >= 4 is 51.6 Å². The lowest BCUT2D eigenvalue weighted by atomic mass is 10.1. The Labute approximate surface area is 190 Å². The maximum Gasteiger partial charge on any atom is 0.297 e. The molecule has 0 spiro atoms. The zero-order valence-corrected chi connectivity index (χ0v) is 17.6. The number of carbonyl (C=O) groups is 2. The van der Waals surface area contributed by atoms with Crippen LogP contribution in [0.15, 0.2) is 61.2 Å². The summed E-state index contributed by atoms with van der Waals surface area (Å²) in [4.78, 5) is 25.6. The second kappa shape index (κ2) is 8.45. The highest BCUT2D eigenvalue weighted by atomic mass is 35.5. The van der Waals surface area contributed by atoms with E-state index in [2.05, 4.69) is 5.32 Å². The number of fused-ring (bicyclic) bond motifs is 1. The Hall–Kier alpha value is -3.69. The zero-order valence-electron chi connectivity index (χ0n) is 16.1. The molecule has 4 aromatic rings. The molecule has 0 fully saturated rings. The third-order valence-electron chi connectivity index (χ3n) is 4.70. The lowest BCUT2D eigenvalue weighted by molar-refractivity contribution is -0.605. The second-order valence-corrected chi connectivity index (χ2v) is 7.66. The molecule has 11 heteroatoms. The molecule has 0 aliphatic heterocycles. The number of nitrogens with zero attached hydrogens (tertiary/aromatic N) is 3. The van der Waals surface area contributed by atoms with E-state index in [1.807, 2.05) is 0 Å². The number of benzene rings is 1. The van der Waals surface area contributed by atoms with Gasteiger partial charge in [-0.15, -0.1) is 0 Å². The molecule has 1 aromatic carbocycles. The van der Waals surface area contributed by atoms with E-state index in [0.29, 0.717) is 15.0 Å². The van der Waals surface area contributed by atoms with E-state index in [4.69, 9.17) is 23.2 Å². The van der Waals surface area contributed by atoms with Gasteiger partial charge in [-0.05, 0) is 29.8 Å². The van der Waals surface area contributed by atoms with Crippen LogP contribution >= 0.6 is 23.2 Å². The number of pyridine rings is 2. The highest BCUT2D eigenvalue weighted by Crippen LogP contribution is 2.28. The summed E-state index contributed by atoms with van der Waals surface area (Å²) in [5.41, 5.74) is 0.722. The van der Waals surface area contributed by atoms with Gasteiger partial charge in [0.05, 0.1) is 22.8 Å². The molecule has 0 aliphatic rings. The van der Waals surface area contributed by atoms with Gasteiger partial charge in [-0.25, -0.2) is 13.7 Å². The quantitative estimate of drug-likeness (QED) is 0.207. The predicted octanol–water partition coefficient (Wildman–Crippen LogP) is 3.22. The summed E-state index contributed by atoms with van der Waals surface area (Å²) >= 11 is 11.9. The van der Waals surface area contributed by atoms with Gasteiger partial charge in [0.15, 0.2) is 0 Å². The Kier molecular flexibility index (Phi) is 5.68. The number of rotatable bonds is 5. The van der Waals surface area contributed by atoms with Crippen molar-refractivity contribution in [2.75, 3.05) is 5.32 Å². The van der Waals surface area contributed by atoms with Crippen molar-refractivity contribution in [1.29, 1.82) is 0 Å². The Morgan fingerprint density at radius 1 is 1.06 bits per heavy atom. The molecule has 4 rings (SSSR count). The molecule has 0 saturated heterocycles. The summed E-state index contributed by atoms with van der Waals surface area (Å²) in [7, 11) is 0. The van der Waals surface area contributed by atoms with Crippen molar-refractivity contribution in [2.45, 2.75) is 6.54 Å². The Balaban J connectivity index is 1.71. The first kappa shape index (κ1) is 21.5. The van der Waals surface area contributed by atoms with E-state index in [0.717, 1.165) is 12.4 Å². The topological polar surface area (TPSA) is 105 Å². The minimum Gasteiger partial charge on any atom is -0.711 e. The molecule has 3 heterocycles. The first-order valence-electron chi connectivity index (χ1n) is 9.13. The fourth-order valence-electron chi connectivity index (χ4n) is 3.26. The van der Waals surface area contributed by atoms with E-state index in [1.165, 1.54) is 41.2 Å². The van der Waals surface area contributed by atoms with E-state index < -0.39 is 17.5 Å².